The number of nitriles is 1. The van der Waals surface area contributed by atoms with E-state index in [1.165, 1.54) is 0 Å². The number of alkyl halides is 2. The summed E-state index contributed by atoms with van der Waals surface area (Å²) in [6, 6.07) is 3.65. The van der Waals surface area contributed by atoms with Gasteiger partial charge in [-0.3, -0.25) is 4.79 Å². The number of aliphatic hydroxyl groups excluding tert-OH is 1. The van der Waals surface area contributed by atoms with Crippen LogP contribution in [0.4, 0.5) is 8.78 Å². The highest BCUT2D eigenvalue weighted by Gasteiger charge is 2.17. The maximum absolute atomic E-state index is 12.6. The van der Waals surface area contributed by atoms with Crippen molar-refractivity contribution in [1.29, 1.82) is 5.26 Å². The van der Waals surface area contributed by atoms with Crippen LogP contribution in [-0.2, 0) is 17.8 Å². The maximum atomic E-state index is 12.6. The Labute approximate surface area is 95.7 Å². The average Bonchev–Trinajstić information content (AvgIpc) is 2.27. The van der Waals surface area contributed by atoms with Gasteiger partial charge in [0.1, 0.15) is 0 Å². The minimum atomic E-state index is -2.86. The number of carbonyl (C=O) groups is 1. The highest BCUT2D eigenvalue weighted by Crippen LogP contribution is 2.26. The molecule has 0 heterocycles. The Hall–Kier alpha value is -2.00. The zero-order valence-corrected chi connectivity index (χ0v) is 8.65. The van der Waals surface area contributed by atoms with E-state index in [9.17, 15) is 13.6 Å². The molecule has 2 N–H and O–H groups in total. The number of aliphatic carboxylic acids is 1. The van der Waals surface area contributed by atoms with Crippen LogP contribution in [0.3, 0.4) is 0 Å². The number of rotatable bonds is 4. The summed E-state index contributed by atoms with van der Waals surface area (Å²) in [4.78, 5) is 10.5. The van der Waals surface area contributed by atoms with E-state index in [1.807, 2.05) is 0 Å². The van der Waals surface area contributed by atoms with E-state index in [2.05, 4.69) is 0 Å². The summed E-state index contributed by atoms with van der Waals surface area (Å²) in [5.74, 6) is -1.19. The summed E-state index contributed by atoms with van der Waals surface area (Å²) in [7, 11) is 0. The fraction of sp³-hybridized carbons (Fsp3) is 0.273. The molecular formula is C11H9F2NO3. The second kappa shape index (κ2) is 5.37. The van der Waals surface area contributed by atoms with Gasteiger partial charge in [0.25, 0.3) is 6.43 Å². The molecule has 0 fully saturated rings. The van der Waals surface area contributed by atoms with Crippen LogP contribution in [0, 0.1) is 11.3 Å². The lowest BCUT2D eigenvalue weighted by atomic mass is 9.97. The van der Waals surface area contributed by atoms with Gasteiger partial charge in [0, 0.05) is 5.56 Å². The molecule has 0 aliphatic rings. The first-order valence-electron chi connectivity index (χ1n) is 4.66. The highest BCUT2D eigenvalue weighted by atomic mass is 19.3. The lowest BCUT2D eigenvalue weighted by molar-refractivity contribution is -0.136. The Kier molecular flexibility index (Phi) is 4.12. The van der Waals surface area contributed by atoms with Crippen LogP contribution in [0.25, 0.3) is 0 Å². The van der Waals surface area contributed by atoms with Crippen LogP contribution in [0.1, 0.15) is 28.7 Å². The Bertz CT molecular complexity index is 480. The fourth-order valence-electron chi connectivity index (χ4n) is 1.46. The zero-order valence-electron chi connectivity index (χ0n) is 8.65. The van der Waals surface area contributed by atoms with Gasteiger partial charge >= 0.3 is 5.97 Å². The van der Waals surface area contributed by atoms with E-state index in [0.717, 1.165) is 12.1 Å². The Morgan fingerprint density at radius 1 is 1.41 bits per heavy atom. The van der Waals surface area contributed by atoms with Gasteiger partial charge in [-0.25, -0.2) is 8.78 Å². The van der Waals surface area contributed by atoms with Crippen molar-refractivity contribution in [3.63, 3.8) is 0 Å². The van der Waals surface area contributed by atoms with E-state index in [0.29, 0.717) is 0 Å². The molecule has 0 atom stereocenters. The number of halogens is 2. The van der Waals surface area contributed by atoms with Crippen molar-refractivity contribution in [3.05, 3.63) is 34.4 Å². The third kappa shape index (κ3) is 2.98. The van der Waals surface area contributed by atoms with Crippen molar-refractivity contribution in [2.45, 2.75) is 19.5 Å². The third-order valence-corrected chi connectivity index (χ3v) is 2.24. The van der Waals surface area contributed by atoms with Crippen LogP contribution in [0.15, 0.2) is 12.1 Å². The third-order valence-electron chi connectivity index (χ3n) is 2.24. The standard InChI is InChI=1S/C11H9F2NO3/c12-11(13)9-2-6(3-10(16)17)8(5-15)1-7(9)4-14/h1-2,11,15H,3,5H2,(H,16,17). The topological polar surface area (TPSA) is 81.3 Å². The van der Waals surface area contributed by atoms with Gasteiger partial charge in [0.05, 0.1) is 24.7 Å². The molecule has 1 aromatic rings. The lowest BCUT2D eigenvalue weighted by Crippen LogP contribution is -2.06. The van der Waals surface area contributed by atoms with Gasteiger partial charge in [-0.1, -0.05) is 0 Å². The molecule has 0 radical (unpaired) electrons. The van der Waals surface area contributed by atoms with E-state index in [1.54, 1.807) is 6.07 Å². The van der Waals surface area contributed by atoms with E-state index in [4.69, 9.17) is 15.5 Å². The minimum Gasteiger partial charge on any atom is -0.481 e. The summed E-state index contributed by atoms with van der Waals surface area (Å²) in [5.41, 5.74) is -0.498. The predicted molar refractivity (Wildman–Crippen MR) is 53.4 cm³/mol. The number of aliphatic hydroxyl groups is 1. The molecule has 0 aromatic heterocycles. The molecule has 1 rings (SSSR count). The van der Waals surface area contributed by atoms with Crippen molar-refractivity contribution < 1.29 is 23.8 Å². The molecule has 4 nitrogen and oxygen atoms in total. The van der Waals surface area contributed by atoms with E-state index >= 15 is 0 Å². The zero-order chi connectivity index (χ0) is 13.0. The molecule has 0 aliphatic heterocycles. The van der Waals surface area contributed by atoms with Gasteiger partial charge in [-0.15, -0.1) is 0 Å². The molecule has 0 bridgehead atoms. The Balaban J connectivity index is 3.34. The van der Waals surface area contributed by atoms with Gasteiger partial charge in [0.2, 0.25) is 0 Å². The Morgan fingerprint density at radius 2 is 2.06 bits per heavy atom. The average molecular weight is 241 g/mol. The predicted octanol–water partition coefficient (Wildman–Crippen LogP) is 1.62. The van der Waals surface area contributed by atoms with Crippen LogP contribution < -0.4 is 0 Å². The molecule has 0 saturated heterocycles. The first-order valence-corrected chi connectivity index (χ1v) is 4.66. The molecule has 0 saturated carbocycles. The van der Waals surface area contributed by atoms with Crippen LogP contribution in [0.5, 0.6) is 0 Å². The first-order chi connectivity index (χ1) is 7.99. The second-order valence-corrected chi connectivity index (χ2v) is 3.35. The highest BCUT2D eigenvalue weighted by molar-refractivity contribution is 5.71. The van der Waals surface area contributed by atoms with Gasteiger partial charge < -0.3 is 10.2 Å². The molecule has 0 spiro atoms. The van der Waals surface area contributed by atoms with E-state index in [-0.39, 0.29) is 16.7 Å². The molecule has 17 heavy (non-hydrogen) atoms. The lowest BCUT2D eigenvalue weighted by Gasteiger charge is -2.10. The molecule has 90 valence electrons. The first kappa shape index (κ1) is 13.1. The maximum Gasteiger partial charge on any atom is 0.307 e. The largest absolute Gasteiger partial charge is 0.481 e. The summed E-state index contributed by atoms with van der Waals surface area (Å²) in [6.45, 7) is -0.499. The quantitative estimate of drug-likeness (QED) is 0.839. The van der Waals surface area contributed by atoms with Crippen molar-refractivity contribution in [2.24, 2.45) is 0 Å². The van der Waals surface area contributed by atoms with Crippen molar-refractivity contribution in [1.82, 2.24) is 0 Å². The van der Waals surface area contributed by atoms with Crippen LogP contribution in [0.2, 0.25) is 0 Å². The molecule has 0 unspecified atom stereocenters. The molecule has 6 heteroatoms. The molecule has 0 aliphatic carbocycles. The minimum absolute atomic E-state index is 0.0919. The van der Waals surface area contributed by atoms with Crippen LogP contribution >= 0.6 is 0 Å². The number of nitrogens with zero attached hydrogens (tertiary/aromatic N) is 1. The number of benzene rings is 1. The van der Waals surface area contributed by atoms with Gasteiger partial charge in [0.15, 0.2) is 0 Å². The van der Waals surface area contributed by atoms with Gasteiger partial charge in [-0.05, 0) is 23.3 Å². The summed E-state index contributed by atoms with van der Waals surface area (Å²) < 4.78 is 25.2. The van der Waals surface area contributed by atoms with Crippen molar-refractivity contribution in [2.75, 3.05) is 0 Å². The molecule has 0 amide bonds. The Morgan fingerprint density at radius 3 is 2.47 bits per heavy atom. The number of carboxylic acid groups (broad SMARTS) is 1. The normalized spacial score (nSPS) is 10.3. The SMILES string of the molecule is N#Cc1cc(CO)c(CC(=O)O)cc1C(F)F. The molecular weight excluding hydrogens is 232 g/mol. The van der Waals surface area contributed by atoms with Gasteiger partial charge in [-0.2, -0.15) is 5.26 Å². The van der Waals surface area contributed by atoms with E-state index < -0.39 is 31.0 Å². The molecule has 1 aromatic carbocycles. The summed E-state index contributed by atoms with van der Waals surface area (Å²) in [6.07, 6.45) is -3.33. The summed E-state index contributed by atoms with van der Waals surface area (Å²) in [5, 5.41) is 26.3. The van der Waals surface area contributed by atoms with Crippen molar-refractivity contribution in [3.8, 4) is 6.07 Å². The smallest absolute Gasteiger partial charge is 0.307 e. The van der Waals surface area contributed by atoms with Crippen molar-refractivity contribution >= 4 is 5.97 Å². The number of hydrogen-bond donors (Lipinski definition) is 2. The number of hydrogen-bond acceptors (Lipinski definition) is 3. The fourth-order valence-corrected chi connectivity index (χ4v) is 1.46. The monoisotopic (exact) mass is 241 g/mol. The summed E-state index contributed by atoms with van der Waals surface area (Å²) >= 11 is 0. The van der Waals surface area contributed by atoms with Crippen LogP contribution in [-0.4, -0.2) is 16.2 Å². The second-order valence-electron chi connectivity index (χ2n) is 3.35. The number of carboxylic acids is 1.